The van der Waals surface area contributed by atoms with Gasteiger partial charge in [0.2, 0.25) is 5.88 Å². The second kappa shape index (κ2) is 6.29. The normalized spacial score (nSPS) is 10.0. The molecule has 2 rings (SSSR count). The third-order valence-corrected chi connectivity index (χ3v) is 2.72. The average molecular weight is 322 g/mol. The van der Waals surface area contributed by atoms with Gasteiger partial charge in [-0.05, 0) is 41.1 Å². The molecule has 0 aromatic carbocycles. The van der Waals surface area contributed by atoms with Crippen molar-refractivity contribution in [3.63, 3.8) is 0 Å². The number of anilines is 1. The van der Waals surface area contributed by atoms with Crippen molar-refractivity contribution in [1.82, 2.24) is 9.97 Å². The summed E-state index contributed by atoms with van der Waals surface area (Å²) in [6.45, 7) is 2.44. The molecular formula is C13H12BrN3O2. The zero-order valence-electron chi connectivity index (χ0n) is 10.3. The number of carbonyl (C=O) groups excluding carboxylic acids is 1. The van der Waals surface area contributed by atoms with Gasteiger partial charge in [0.1, 0.15) is 5.69 Å². The summed E-state index contributed by atoms with van der Waals surface area (Å²) < 4.78 is 6.05. The highest BCUT2D eigenvalue weighted by atomic mass is 79.9. The van der Waals surface area contributed by atoms with Crippen LogP contribution >= 0.6 is 15.9 Å². The number of ether oxygens (including phenoxy) is 1. The van der Waals surface area contributed by atoms with Gasteiger partial charge >= 0.3 is 0 Å². The van der Waals surface area contributed by atoms with Crippen molar-refractivity contribution in [3.8, 4) is 5.88 Å². The Kier molecular flexibility index (Phi) is 4.46. The van der Waals surface area contributed by atoms with Gasteiger partial charge in [-0.2, -0.15) is 0 Å². The summed E-state index contributed by atoms with van der Waals surface area (Å²) in [5.41, 5.74) is 0.940. The predicted octanol–water partition coefficient (Wildman–Crippen LogP) is 2.89. The second-order valence-electron chi connectivity index (χ2n) is 3.63. The van der Waals surface area contributed by atoms with Gasteiger partial charge in [-0.15, -0.1) is 0 Å². The number of hydrogen-bond acceptors (Lipinski definition) is 4. The summed E-state index contributed by atoms with van der Waals surface area (Å²) in [7, 11) is 0. The van der Waals surface area contributed by atoms with Gasteiger partial charge < -0.3 is 10.1 Å². The van der Waals surface area contributed by atoms with Crippen molar-refractivity contribution >= 4 is 27.5 Å². The van der Waals surface area contributed by atoms with E-state index in [1.165, 1.54) is 0 Å². The first-order valence-corrected chi connectivity index (χ1v) is 6.50. The van der Waals surface area contributed by atoms with E-state index in [0.29, 0.717) is 23.9 Å². The minimum absolute atomic E-state index is 0.279. The highest BCUT2D eigenvalue weighted by molar-refractivity contribution is 9.10. The molecule has 1 N–H and O–H groups in total. The number of carbonyl (C=O) groups is 1. The molecule has 2 aromatic heterocycles. The highest BCUT2D eigenvalue weighted by Crippen LogP contribution is 2.13. The molecule has 0 saturated heterocycles. The molecule has 2 aromatic rings. The van der Waals surface area contributed by atoms with Crippen LogP contribution in [0.1, 0.15) is 17.4 Å². The molecule has 0 spiro atoms. The Morgan fingerprint density at radius 2 is 2.11 bits per heavy atom. The van der Waals surface area contributed by atoms with Crippen LogP contribution < -0.4 is 10.1 Å². The summed E-state index contributed by atoms with van der Waals surface area (Å²) in [6.07, 6.45) is 3.12. The monoisotopic (exact) mass is 321 g/mol. The number of aromatic nitrogens is 2. The number of amides is 1. The average Bonchev–Trinajstić information content (AvgIpc) is 2.42. The van der Waals surface area contributed by atoms with Crippen molar-refractivity contribution < 1.29 is 9.53 Å². The molecule has 6 heteroatoms. The lowest BCUT2D eigenvalue weighted by Crippen LogP contribution is -2.13. The lowest BCUT2D eigenvalue weighted by Gasteiger charge is -2.06. The molecule has 0 aliphatic heterocycles. The van der Waals surface area contributed by atoms with Crippen molar-refractivity contribution in [2.24, 2.45) is 0 Å². The first-order chi connectivity index (χ1) is 9.19. The van der Waals surface area contributed by atoms with E-state index in [2.05, 4.69) is 31.2 Å². The van der Waals surface area contributed by atoms with Gasteiger partial charge in [0.25, 0.3) is 5.91 Å². The first kappa shape index (κ1) is 13.5. The Bertz CT molecular complexity index is 555. The largest absolute Gasteiger partial charge is 0.478 e. The lowest BCUT2D eigenvalue weighted by molar-refractivity contribution is 0.102. The predicted molar refractivity (Wildman–Crippen MR) is 75.3 cm³/mol. The number of halogens is 1. The Morgan fingerprint density at radius 1 is 1.26 bits per heavy atom. The van der Waals surface area contributed by atoms with Gasteiger partial charge in [-0.3, -0.25) is 4.79 Å². The fourth-order valence-corrected chi connectivity index (χ4v) is 1.63. The molecular weight excluding hydrogens is 310 g/mol. The van der Waals surface area contributed by atoms with Crippen LogP contribution in [0, 0.1) is 0 Å². The molecule has 5 nitrogen and oxygen atoms in total. The van der Waals surface area contributed by atoms with Gasteiger partial charge in [0.15, 0.2) is 0 Å². The van der Waals surface area contributed by atoms with E-state index in [0.717, 1.165) is 4.47 Å². The van der Waals surface area contributed by atoms with Crippen LogP contribution in [-0.2, 0) is 0 Å². The maximum absolute atomic E-state index is 11.9. The Balaban J connectivity index is 2.04. The molecule has 0 fully saturated rings. The molecule has 19 heavy (non-hydrogen) atoms. The van der Waals surface area contributed by atoms with Crippen molar-refractivity contribution in [3.05, 3.63) is 46.8 Å². The molecule has 0 aliphatic rings. The second-order valence-corrected chi connectivity index (χ2v) is 4.55. The van der Waals surface area contributed by atoms with Crippen molar-refractivity contribution in [2.75, 3.05) is 11.9 Å². The van der Waals surface area contributed by atoms with Gasteiger partial charge in [-0.1, -0.05) is 0 Å². The minimum Gasteiger partial charge on any atom is -0.478 e. The van der Waals surface area contributed by atoms with Crippen LogP contribution in [0.5, 0.6) is 5.88 Å². The van der Waals surface area contributed by atoms with Crippen LogP contribution in [0.2, 0.25) is 0 Å². The van der Waals surface area contributed by atoms with Crippen molar-refractivity contribution in [1.29, 1.82) is 0 Å². The van der Waals surface area contributed by atoms with E-state index < -0.39 is 0 Å². The molecule has 2 heterocycles. The van der Waals surface area contributed by atoms with E-state index in [1.807, 2.05) is 6.92 Å². The SMILES string of the molecule is CCOc1ccc(NC(=O)c2ccc(Br)cn2)cn1. The number of hydrogen-bond donors (Lipinski definition) is 1. The van der Waals surface area contributed by atoms with E-state index >= 15 is 0 Å². The molecule has 0 radical (unpaired) electrons. The van der Waals surface area contributed by atoms with Crippen molar-refractivity contribution in [2.45, 2.75) is 6.92 Å². The smallest absolute Gasteiger partial charge is 0.274 e. The summed E-state index contributed by atoms with van der Waals surface area (Å²) in [5, 5.41) is 2.71. The maximum Gasteiger partial charge on any atom is 0.274 e. The fourth-order valence-electron chi connectivity index (χ4n) is 1.39. The molecule has 0 saturated carbocycles. The fraction of sp³-hybridized carbons (Fsp3) is 0.154. The molecule has 0 atom stereocenters. The number of rotatable bonds is 4. The summed E-state index contributed by atoms with van der Waals surface area (Å²) in [6, 6.07) is 6.84. The standard InChI is InChI=1S/C13H12BrN3O2/c1-2-19-12-6-4-10(8-16-12)17-13(18)11-5-3-9(14)7-15-11/h3-8H,2H2,1H3,(H,17,18). The number of pyridine rings is 2. The maximum atomic E-state index is 11.9. The quantitative estimate of drug-likeness (QED) is 0.940. The van der Waals surface area contributed by atoms with E-state index in [9.17, 15) is 4.79 Å². The zero-order valence-corrected chi connectivity index (χ0v) is 11.8. The Labute approximate surface area is 119 Å². The van der Waals surface area contributed by atoms with E-state index in [-0.39, 0.29) is 5.91 Å². The molecule has 0 unspecified atom stereocenters. The Hall–Kier alpha value is -1.95. The summed E-state index contributed by atoms with van der Waals surface area (Å²) in [5.74, 6) is 0.251. The van der Waals surface area contributed by atoms with Crippen LogP contribution in [0.4, 0.5) is 5.69 Å². The van der Waals surface area contributed by atoms with E-state index in [4.69, 9.17) is 4.74 Å². The zero-order chi connectivity index (χ0) is 13.7. The molecule has 0 bridgehead atoms. The van der Waals surface area contributed by atoms with E-state index in [1.54, 1.807) is 36.7 Å². The molecule has 0 aliphatic carbocycles. The first-order valence-electron chi connectivity index (χ1n) is 5.71. The number of nitrogens with zero attached hydrogens (tertiary/aromatic N) is 2. The summed E-state index contributed by atoms with van der Waals surface area (Å²) >= 11 is 3.27. The van der Waals surface area contributed by atoms with Gasteiger partial charge in [-0.25, -0.2) is 9.97 Å². The highest BCUT2D eigenvalue weighted by Gasteiger charge is 2.07. The Morgan fingerprint density at radius 3 is 2.68 bits per heavy atom. The van der Waals surface area contributed by atoms with Gasteiger partial charge in [0, 0.05) is 16.7 Å². The molecule has 98 valence electrons. The topological polar surface area (TPSA) is 64.1 Å². The van der Waals surface area contributed by atoms with Gasteiger partial charge in [0.05, 0.1) is 18.5 Å². The number of nitrogens with one attached hydrogen (secondary N) is 1. The molecule has 1 amide bonds. The van der Waals surface area contributed by atoms with Crippen LogP contribution in [0.3, 0.4) is 0 Å². The summed E-state index contributed by atoms with van der Waals surface area (Å²) in [4.78, 5) is 20.0. The lowest BCUT2D eigenvalue weighted by atomic mass is 10.3. The van der Waals surface area contributed by atoms with Crippen LogP contribution in [0.25, 0.3) is 0 Å². The third-order valence-electron chi connectivity index (χ3n) is 2.25. The van der Waals surface area contributed by atoms with Crippen LogP contribution in [-0.4, -0.2) is 22.5 Å². The third kappa shape index (κ3) is 3.75. The van der Waals surface area contributed by atoms with Crippen LogP contribution in [0.15, 0.2) is 41.1 Å². The minimum atomic E-state index is -0.279.